The number of halogens is 6. The Morgan fingerprint density at radius 2 is 1.48 bits per heavy atom. The van der Waals surface area contributed by atoms with E-state index < -0.39 is 35.1 Å². The third kappa shape index (κ3) is 4.88. The van der Waals surface area contributed by atoms with Gasteiger partial charge in [0, 0.05) is 5.56 Å². The van der Waals surface area contributed by atoms with Crippen LogP contribution in [0.15, 0.2) is 42.5 Å². The van der Waals surface area contributed by atoms with Gasteiger partial charge in [-0.3, -0.25) is 4.79 Å². The van der Waals surface area contributed by atoms with Crippen LogP contribution in [0.3, 0.4) is 0 Å². The van der Waals surface area contributed by atoms with Gasteiger partial charge in [0.15, 0.2) is 0 Å². The molecule has 0 saturated carbocycles. The van der Waals surface area contributed by atoms with E-state index in [1.165, 1.54) is 24.3 Å². The van der Waals surface area contributed by atoms with E-state index in [2.05, 4.69) is 0 Å². The summed E-state index contributed by atoms with van der Waals surface area (Å²) < 4.78 is 81.6. The van der Waals surface area contributed by atoms with Crippen LogP contribution in [0.4, 0.5) is 26.3 Å². The monoisotopic (exact) mass is 363 g/mol. The van der Waals surface area contributed by atoms with Crippen molar-refractivity contribution in [3.8, 4) is 5.75 Å². The van der Waals surface area contributed by atoms with Gasteiger partial charge in [-0.1, -0.05) is 12.1 Å². The van der Waals surface area contributed by atoms with Gasteiger partial charge in [0.05, 0.1) is 11.1 Å². The van der Waals surface area contributed by atoms with Crippen molar-refractivity contribution in [2.75, 3.05) is 0 Å². The molecule has 0 bridgehead atoms. The van der Waals surface area contributed by atoms with Gasteiger partial charge >= 0.3 is 12.4 Å². The molecule has 3 nitrogen and oxygen atoms in total. The van der Waals surface area contributed by atoms with Crippen molar-refractivity contribution in [3.63, 3.8) is 0 Å². The summed E-state index contributed by atoms with van der Waals surface area (Å²) in [6.07, 6.45) is -9.91. The summed E-state index contributed by atoms with van der Waals surface area (Å²) in [5, 5.41) is 0. The lowest BCUT2D eigenvalue weighted by atomic mass is 10.1. The van der Waals surface area contributed by atoms with Crippen LogP contribution in [0.5, 0.6) is 5.75 Å². The van der Waals surface area contributed by atoms with E-state index in [9.17, 15) is 31.1 Å². The van der Waals surface area contributed by atoms with Gasteiger partial charge in [-0.25, -0.2) is 0 Å². The molecule has 2 rings (SSSR count). The molecule has 0 aliphatic carbocycles. The molecular weight excluding hydrogens is 352 g/mol. The van der Waals surface area contributed by atoms with Gasteiger partial charge in [-0.05, 0) is 35.9 Å². The van der Waals surface area contributed by atoms with Crippen LogP contribution in [0, 0.1) is 0 Å². The van der Waals surface area contributed by atoms with Crippen LogP contribution in [0.2, 0.25) is 0 Å². The molecule has 0 radical (unpaired) electrons. The molecule has 0 heterocycles. The molecule has 25 heavy (non-hydrogen) atoms. The zero-order chi connectivity index (χ0) is 18.8. The average molecular weight is 363 g/mol. The molecule has 0 aliphatic rings. The Morgan fingerprint density at radius 3 is 1.96 bits per heavy atom. The molecule has 2 N–H and O–H groups in total. The minimum Gasteiger partial charge on any atom is -0.489 e. The number of alkyl halides is 6. The zero-order valence-electron chi connectivity index (χ0n) is 12.4. The van der Waals surface area contributed by atoms with Crippen molar-refractivity contribution in [2.45, 2.75) is 19.0 Å². The predicted octanol–water partition coefficient (Wildman–Crippen LogP) is 4.40. The summed E-state index contributed by atoms with van der Waals surface area (Å²) in [6.45, 7) is -0.334. The normalized spacial score (nSPS) is 12.1. The fraction of sp³-hybridized carbons (Fsp3) is 0.188. The molecule has 0 aromatic heterocycles. The summed E-state index contributed by atoms with van der Waals surface area (Å²) in [5.41, 5.74) is 2.66. The van der Waals surface area contributed by atoms with Gasteiger partial charge in [-0.15, -0.1) is 0 Å². The summed E-state index contributed by atoms with van der Waals surface area (Å²) in [5.74, 6) is -1.31. The van der Waals surface area contributed by atoms with E-state index in [4.69, 9.17) is 10.5 Å². The first-order chi connectivity index (χ1) is 11.5. The summed E-state index contributed by atoms with van der Waals surface area (Å²) in [7, 11) is 0. The van der Waals surface area contributed by atoms with Crippen LogP contribution >= 0.6 is 0 Å². The molecule has 2 aromatic carbocycles. The predicted molar refractivity (Wildman–Crippen MR) is 75.7 cm³/mol. The molecule has 0 saturated heterocycles. The highest BCUT2D eigenvalue weighted by molar-refractivity contribution is 5.92. The van der Waals surface area contributed by atoms with Gasteiger partial charge in [0.2, 0.25) is 5.91 Å². The molecule has 0 unspecified atom stereocenters. The number of nitrogens with two attached hydrogens (primary N) is 1. The number of amides is 1. The number of carbonyl (C=O) groups excluding carboxylic acids is 1. The number of ether oxygens (including phenoxy) is 1. The highest BCUT2D eigenvalue weighted by atomic mass is 19.4. The van der Waals surface area contributed by atoms with Gasteiger partial charge in [0.25, 0.3) is 0 Å². The third-order valence-corrected chi connectivity index (χ3v) is 3.18. The van der Waals surface area contributed by atoms with Crippen molar-refractivity contribution in [1.82, 2.24) is 0 Å². The lowest BCUT2D eigenvalue weighted by Crippen LogP contribution is -2.12. The van der Waals surface area contributed by atoms with E-state index in [1.54, 1.807) is 0 Å². The summed E-state index contributed by atoms with van der Waals surface area (Å²) in [6, 6.07) is 6.68. The Labute approximate surface area is 138 Å². The van der Waals surface area contributed by atoms with Gasteiger partial charge in [-0.2, -0.15) is 26.3 Å². The van der Waals surface area contributed by atoms with Crippen LogP contribution < -0.4 is 10.5 Å². The molecule has 9 heteroatoms. The number of carbonyl (C=O) groups is 1. The van der Waals surface area contributed by atoms with Crippen molar-refractivity contribution in [1.29, 1.82) is 0 Å². The first kappa shape index (κ1) is 18.6. The smallest absolute Gasteiger partial charge is 0.416 e. The van der Waals surface area contributed by atoms with Crippen LogP contribution in [-0.2, 0) is 19.0 Å². The SMILES string of the molecule is NC(=O)c1cccc(COc2cc(C(F)(F)F)cc(C(F)(F)F)c2)c1. The number of benzene rings is 2. The standard InChI is InChI=1S/C16H11F6NO2/c17-15(18,19)11-5-12(16(20,21)22)7-13(6-11)25-8-9-2-1-3-10(4-9)14(23)24/h1-7H,8H2,(H2,23,24). The third-order valence-electron chi connectivity index (χ3n) is 3.18. The summed E-state index contributed by atoms with van der Waals surface area (Å²) >= 11 is 0. The quantitative estimate of drug-likeness (QED) is 0.819. The Bertz CT molecular complexity index is 751. The van der Waals surface area contributed by atoms with E-state index in [-0.39, 0.29) is 18.2 Å². The minimum absolute atomic E-state index is 0.0145. The minimum atomic E-state index is -4.95. The molecule has 0 spiro atoms. The Morgan fingerprint density at radius 1 is 0.920 bits per heavy atom. The lowest BCUT2D eigenvalue weighted by Gasteiger charge is -2.15. The highest BCUT2D eigenvalue weighted by Crippen LogP contribution is 2.38. The van der Waals surface area contributed by atoms with Crippen molar-refractivity contribution < 1.29 is 35.9 Å². The van der Waals surface area contributed by atoms with E-state index in [0.717, 1.165) is 0 Å². The van der Waals surface area contributed by atoms with Crippen molar-refractivity contribution in [2.24, 2.45) is 5.73 Å². The first-order valence-electron chi connectivity index (χ1n) is 6.78. The topological polar surface area (TPSA) is 52.3 Å². The summed E-state index contributed by atoms with van der Waals surface area (Å²) in [4.78, 5) is 11.1. The maximum absolute atomic E-state index is 12.8. The van der Waals surface area contributed by atoms with Gasteiger partial charge < -0.3 is 10.5 Å². The number of hydrogen-bond acceptors (Lipinski definition) is 2. The fourth-order valence-electron chi connectivity index (χ4n) is 1.99. The van der Waals surface area contributed by atoms with Gasteiger partial charge in [0.1, 0.15) is 12.4 Å². The second-order valence-electron chi connectivity index (χ2n) is 5.09. The van der Waals surface area contributed by atoms with Crippen molar-refractivity contribution in [3.05, 3.63) is 64.7 Å². The number of hydrogen-bond donors (Lipinski definition) is 1. The second-order valence-corrected chi connectivity index (χ2v) is 5.09. The Balaban J connectivity index is 2.30. The fourth-order valence-corrected chi connectivity index (χ4v) is 1.99. The highest BCUT2D eigenvalue weighted by Gasteiger charge is 2.37. The average Bonchev–Trinajstić information content (AvgIpc) is 2.51. The largest absolute Gasteiger partial charge is 0.489 e. The maximum Gasteiger partial charge on any atom is 0.416 e. The lowest BCUT2D eigenvalue weighted by molar-refractivity contribution is -0.143. The molecule has 134 valence electrons. The zero-order valence-corrected chi connectivity index (χ0v) is 12.4. The molecule has 1 amide bonds. The molecule has 0 aliphatic heterocycles. The second kappa shape index (κ2) is 6.66. The van der Waals surface area contributed by atoms with E-state index >= 15 is 0 Å². The molecule has 0 fully saturated rings. The molecule has 0 atom stereocenters. The molecular formula is C16H11F6NO2. The van der Waals surface area contributed by atoms with E-state index in [1.807, 2.05) is 0 Å². The van der Waals surface area contributed by atoms with E-state index in [0.29, 0.717) is 17.7 Å². The maximum atomic E-state index is 12.8. The Hall–Kier alpha value is -2.71. The Kier molecular flexibility index (Phi) is 4.96. The van der Waals surface area contributed by atoms with Crippen molar-refractivity contribution >= 4 is 5.91 Å². The molecule has 2 aromatic rings. The van der Waals surface area contributed by atoms with Crippen LogP contribution in [0.25, 0.3) is 0 Å². The first-order valence-corrected chi connectivity index (χ1v) is 6.78. The number of rotatable bonds is 4. The number of primary amides is 1. The van der Waals surface area contributed by atoms with Crippen LogP contribution in [-0.4, -0.2) is 5.91 Å². The van der Waals surface area contributed by atoms with Crippen LogP contribution in [0.1, 0.15) is 27.0 Å².